The number of carbonyl (C=O) groups excluding carboxylic acids is 1. The van der Waals surface area contributed by atoms with Crippen molar-refractivity contribution in [2.75, 3.05) is 23.8 Å². The van der Waals surface area contributed by atoms with Gasteiger partial charge in [-0.25, -0.2) is 0 Å². The van der Waals surface area contributed by atoms with Gasteiger partial charge in [0, 0.05) is 17.8 Å². The van der Waals surface area contributed by atoms with Crippen LogP contribution in [0.4, 0.5) is 30.8 Å². The molecule has 2 rings (SSSR count). The Kier molecular flexibility index (Phi) is 7.36. The molecule has 0 radical (unpaired) electrons. The zero-order valence-electron chi connectivity index (χ0n) is 15.2. The van der Waals surface area contributed by atoms with E-state index < -0.39 is 24.7 Å². The maximum absolute atomic E-state index is 12.4. The van der Waals surface area contributed by atoms with Crippen LogP contribution in [0, 0.1) is 0 Å². The van der Waals surface area contributed by atoms with Gasteiger partial charge in [-0.05, 0) is 30.7 Å². The first kappa shape index (κ1) is 21.2. The predicted octanol–water partition coefficient (Wildman–Crippen LogP) is 3.26. The van der Waals surface area contributed by atoms with E-state index in [0.29, 0.717) is 17.8 Å². The van der Waals surface area contributed by atoms with Crippen LogP contribution in [0.2, 0.25) is 0 Å². The number of amides is 1. The molecule has 0 spiro atoms. The van der Waals surface area contributed by atoms with Gasteiger partial charge in [0.15, 0.2) is 6.61 Å². The van der Waals surface area contributed by atoms with Crippen LogP contribution in [-0.4, -0.2) is 40.2 Å². The van der Waals surface area contributed by atoms with Gasteiger partial charge in [0.1, 0.15) is 0 Å². The van der Waals surface area contributed by atoms with Crippen molar-refractivity contribution < 1.29 is 22.7 Å². The molecule has 1 amide bonds. The number of nitrogens with two attached hydrogens (primary N) is 1. The summed E-state index contributed by atoms with van der Waals surface area (Å²) in [4.78, 5) is 22.9. The first-order chi connectivity index (χ1) is 13.3. The Morgan fingerprint density at radius 2 is 1.79 bits per heavy atom. The van der Waals surface area contributed by atoms with Gasteiger partial charge < -0.3 is 21.1 Å². The highest BCUT2D eigenvalue weighted by molar-refractivity contribution is 5.93. The van der Waals surface area contributed by atoms with E-state index in [1.807, 2.05) is 0 Å². The van der Waals surface area contributed by atoms with E-state index in [9.17, 15) is 18.0 Å². The SMILES string of the molecule is CCCCCNc1nc(Nc2ccc(C(N)=O)cc2)nc(OCC(F)(F)F)n1. The van der Waals surface area contributed by atoms with Crippen molar-refractivity contribution in [2.45, 2.75) is 32.4 Å². The fourth-order valence-electron chi connectivity index (χ4n) is 2.12. The van der Waals surface area contributed by atoms with Crippen molar-refractivity contribution in [1.29, 1.82) is 0 Å². The molecular weight excluding hydrogens is 377 g/mol. The number of aromatic nitrogens is 3. The lowest BCUT2D eigenvalue weighted by molar-refractivity contribution is -0.154. The lowest BCUT2D eigenvalue weighted by Gasteiger charge is -2.12. The zero-order valence-corrected chi connectivity index (χ0v) is 15.2. The van der Waals surface area contributed by atoms with E-state index >= 15 is 0 Å². The van der Waals surface area contributed by atoms with Crippen molar-refractivity contribution >= 4 is 23.5 Å². The summed E-state index contributed by atoms with van der Waals surface area (Å²) in [6, 6.07) is 5.66. The largest absolute Gasteiger partial charge is 0.454 e. The Labute approximate surface area is 159 Å². The Hall–Kier alpha value is -3.11. The fourth-order valence-corrected chi connectivity index (χ4v) is 2.12. The number of rotatable bonds is 10. The zero-order chi connectivity index (χ0) is 20.6. The third kappa shape index (κ3) is 7.25. The molecule has 0 aliphatic rings. The molecule has 4 N–H and O–H groups in total. The normalized spacial score (nSPS) is 11.1. The van der Waals surface area contributed by atoms with Crippen LogP contribution in [0.15, 0.2) is 24.3 Å². The highest BCUT2D eigenvalue weighted by Gasteiger charge is 2.29. The molecule has 11 heteroatoms. The molecule has 1 aromatic carbocycles. The summed E-state index contributed by atoms with van der Waals surface area (Å²) in [5, 5.41) is 5.78. The first-order valence-electron chi connectivity index (χ1n) is 8.63. The number of benzene rings is 1. The molecule has 1 aromatic heterocycles. The molecule has 0 saturated carbocycles. The predicted molar refractivity (Wildman–Crippen MR) is 97.6 cm³/mol. The first-order valence-corrected chi connectivity index (χ1v) is 8.63. The molecular formula is C17H21F3N6O2. The van der Waals surface area contributed by atoms with Crippen LogP contribution in [-0.2, 0) is 0 Å². The summed E-state index contributed by atoms with van der Waals surface area (Å²) in [6.07, 6.45) is -1.64. The third-order valence-electron chi connectivity index (χ3n) is 3.47. The van der Waals surface area contributed by atoms with E-state index in [1.165, 1.54) is 12.1 Å². The molecule has 1 heterocycles. The number of anilines is 3. The summed E-state index contributed by atoms with van der Waals surface area (Å²) in [5.74, 6) is -0.482. The smallest absolute Gasteiger partial charge is 0.422 e. The van der Waals surface area contributed by atoms with Crippen molar-refractivity contribution in [3.8, 4) is 6.01 Å². The van der Waals surface area contributed by atoms with Gasteiger partial charge in [-0.3, -0.25) is 4.79 Å². The molecule has 0 saturated heterocycles. The van der Waals surface area contributed by atoms with Gasteiger partial charge in [-0.2, -0.15) is 28.1 Å². The van der Waals surface area contributed by atoms with E-state index in [1.54, 1.807) is 12.1 Å². The van der Waals surface area contributed by atoms with E-state index in [-0.39, 0.29) is 11.9 Å². The minimum Gasteiger partial charge on any atom is -0.454 e. The molecule has 0 aliphatic carbocycles. The number of hydrogen-bond acceptors (Lipinski definition) is 7. The summed E-state index contributed by atoms with van der Waals surface area (Å²) in [7, 11) is 0. The third-order valence-corrected chi connectivity index (χ3v) is 3.47. The second-order valence-electron chi connectivity index (χ2n) is 5.87. The quantitative estimate of drug-likeness (QED) is 0.526. The van der Waals surface area contributed by atoms with Gasteiger partial charge >= 0.3 is 12.2 Å². The fraction of sp³-hybridized carbons (Fsp3) is 0.412. The molecule has 2 aromatic rings. The molecule has 0 bridgehead atoms. The summed E-state index contributed by atoms with van der Waals surface area (Å²) in [6.45, 7) is 1.10. The highest BCUT2D eigenvalue weighted by Crippen LogP contribution is 2.20. The minimum atomic E-state index is -4.51. The number of primary amides is 1. The molecule has 0 aliphatic heterocycles. The van der Waals surface area contributed by atoms with Gasteiger partial charge in [-0.1, -0.05) is 19.8 Å². The van der Waals surface area contributed by atoms with Crippen LogP contribution in [0.3, 0.4) is 0 Å². The molecule has 152 valence electrons. The van der Waals surface area contributed by atoms with Gasteiger partial charge in [-0.15, -0.1) is 0 Å². The minimum absolute atomic E-state index is 0.00279. The number of carbonyl (C=O) groups is 1. The second-order valence-corrected chi connectivity index (χ2v) is 5.87. The average molecular weight is 398 g/mol. The number of ether oxygens (including phenoxy) is 1. The lowest BCUT2D eigenvalue weighted by atomic mass is 10.2. The number of nitrogens with zero attached hydrogens (tertiary/aromatic N) is 3. The van der Waals surface area contributed by atoms with Crippen LogP contribution in [0.1, 0.15) is 36.5 Å². The van der Waals surface area contributed by atoms with Gasteiger partial charge in [0.05, 0.1) is 0 Å². The van der Waals surface area contributed by atoms with Gasteiger partial charge in [0.25, 0.3) is 0 Å². The lowest BCUT2D eigenvalue weighted by Crippen LogP contribution is -2.21. The Morgan fingerprint density at radius 3 is 2.39 bits per heavy atom. The van der Waals surface area contributed by atoms with E-state index in [0.717, 1.165) is 19.3 Å². The van der Waals surface area contributed by atoms with Crippen molar-refractivity contribution in [2.24, 2.45) is 5.73 Å². The Balaban J connectivity index is 2.16. The maximum atomic E-state index is 12.4. The van der Waals surface area contributed by atoms with Crippen LogP contribution < -0.4 is 21.1 Å². The topological polar surface area (TPSA) is 115 Å². The maximum Gasteiger partial charge on any atom is 0.422 e. The van der Waals surface area contributed by atoms with Gasteiger partial charge in [0.2, 0.25) is 17.8 Å². The van der Waals surface area contributed by atoms with Crippen molar-refractivity contribution in [1.82, 2.24) is 15.0 Å². The number of unbranched alkanes of at least 4 members (excludes halogenated alkanes) is 2. The summed E-state index contributed by atoms with van der Waals surface area (Å²) in [5.41, 5.74) is 6.01. The summed E-state index contributed by atoms with van der Waals surface area (Å²) >= 11 is 0. The average Bonchev–Trinajstić information content (AvgIpc) is 2.63. The number of halogens is 3. The van der Waals surface area contributed by atoms with Crippen molar-refractivity contribution in [3.63, 3.8) is 0 Å². The summed E-state index contributed by atoms with van der Waals surface area (Å²) < 4.78 is 41.9. The highest BCUT2D eigenvalue weighted by atomic mass is 19.4. The monoisotopic (exact) mass is 398 g/mol. The second kappa shape index (κ2) is 9.72. The molecule has 0 unspecified atom stereocenters. The number of alkyl halides is 3. The standard InChI is InChI=1S/C17H21F3N6O2/c1-2-3-4-9-22-14-24-15(26-16(25-14)28-10-17(18,19)20)23-12-7-5-11(6-8-12)13(21)27/h5-8H,2-4,9-10H2,1H3,(H2,21,27)(H2,22,23,24,25,26). The van der Waals surface area contributed by atoms with Crippen LogP contribution >= 0.6 is 0 Å². The molecule has 0 atom stereocenters. The molecule has 28 heavy (non-hydrogen) atoms. The Bertz CT molecular complexity index is 783. The Morgan fingerprint density at radius 1 is 1.11 bits per heavy atom. The van der Waals surface area contributed by atoms with E-state index in [4.69, 9.17) is 5.73 Å². The number of hydrogen-bond donors (Lipinski definition) is 3. The van der Waals surface area contributed by atoms with E-state index in [2.05, 4.69) is 37.2 Å². The number of nitrogens with one attached hydrogen (secondary N) is 2. The van der Waals surface area contributed by atoms with Crippen molar-refractivity contribution in [3.05, 3.63) is 29.8 Å². The molecule has 0 fully saturated rings. The van der Waals surface area contributed by atoms with Crippen LogP contribution in [0.5, 0.6) is 6.01 Å². The van der Waals surface area contributed by atoms with Crippen LogP contribution in [0.25, 0.3) is 0 Å². The molecule has 8 nitrogen and oxygen atoms in total.